The maximum Gasteiger partial charge on any atom is 0.416 e. The molecule has 0 spiro atoms. The lowest BCUT2D eigenvalue weighted by Crippen LogP contribution is -2.49. The van der Waals surface area contributed by atoms with E-state index in [4.69, 9.17) is 9.26 Å². The molecule has 0 bridgehead atoms. The monoisotopic (exact) mass is 536 g/mol. The zero-order valence-corrected chi connectivity index (χ0v) is 21.3. The Morgan fingerprint density at radius 2 is 1.67 bits per heavy atom. The van der Waals surface area contributed by atoms with E-state index in [1.54, 1.807) is 7.11 Å². The van der Waals surface area contributed by atoms with E-state index in [0.717, 1.165) is 23.3 Å². The summed E-state index contributed by atoms with van der Waals surface area (Å²) in [4.78, 5) is 21.5. The predicted octanol–water partition coefficient (Wildman–Crippen LogP) is 5.45. The first kappa shape index (κ1) is 26.6. The lowest BCUT2D eigenvalue weighted by Gasteiger charge is -2.36. The summed E-state index contributed by atoms with van der Waals surface area (Å²) >= 11 is 0. The number of aromatic nitrogens is 2. The molecule has 4 aromatic rings. The Morgan fingerprint density at radius 1 is 0.949 bits per heavy atom. The zero-order valence-electron chi connectivity index (χ0n) is 21.3. The Hall–Kier alpha value is -4.02. The van der Waals surface area contributed by atoms with Crippen LogP contribution in [0, 0.1) is 0 Å². The summed E-state index contributed by atoms with van der Waals surface area (Å²) in [6, 6.07) is 21.9. The van der Waals surface area contributed by atoms with Crippen LogP contribution in [0.15, 0.2) is 83.4 Å². The SMILES string of the molecule is COC(C(=O)N1CCN(Cc2cccc(-c3noc(-c4cccc(C(F)(F)F)c4)n3)c2)CC1)c1ccccc1. The molecule has 10 heteroatoms. The number of benzene rings is 3. The van der Waals surface area contributed by atoms with E-state index in [1.165, 1.54) is 12.1 Å². The van der Waals surface area contributed by atoms with Gasteiger partial charge in [0.1, 0.15) is 0 Å². The third-order valence-electron chi connectivity index (χ3n) is 6.70. The number of amides is 1. The van der Waals surface area contributed by atoms with Crippen LogP contribution in [0.4, 0.5) is 13.2 Å². The van der Waals surface area contributed by atoms with Crippen molar-refractivity contribution in [3.05, 3.63) is 95.6 Å². The first-order chi connectivity index (χ1) is 18.8. The Kier molecular flexibility index (Phi) is 7.76. The van der Waals surface area contributed by atoms with Crippen molar-refractivity contribution in [2.24, 2.45) is 0 Å². The average Bonchev–Trinajstić information content (AvgIpc) is 3.45. The number of methoxy groups -OCH3 is 1. The van der Waals surface area contributed by atoms with Gasteiger partial charge in [-0.15, -0.1) is 0 Å². The van der Waals surface area contributed by atoms with E-state index in [-0.39, 0.29) is 17.4 Å². The quantitative estimate of drug-likeness (QED) is 0.313. The molecule has 1 fully saturated rings. The van der Waals surface area contributed by atoms with Crippen molar-refractivity contribution in [1.29, 1.82) is 0 Å². The van der Waals surface area contributed by atoms with Gasteiger partial charge < -0.3 is 14.2 Å². The molecule has 1 amide bonds. The van der Waals surface area contributed by atoms with Crippen molar-refractivity contribution in [1.82, 2.24) is 19.9 Å². The summed E-state index contributed by atoms with van der Waals surface area (Å²) in [7, 11) is 1.55. The lowest BCUT2D eigenvalue weighted by atomic mass is 10.1. The molecule has 1 unspecified atom stereocenters. The van der Waals surface area contributed by atoms with Gasteiger partial charge >= 0.3 is 6.18 Å². The molecule has 202 valence electrons. The van der Waals surface area contributed by atoms with Gasteiger partial charge in [-0.3, -0.25) is 9.69 Å². The van der Waals surface area contributed by atoms with Crippen LogP contribution in [-0.4, -0.2) is 59.1 Å². The molecule has 1 saturated heterocycles. The van der Waals surface area contributed by atoms with Crippen molar-refractivity contribution < 1.29 is 27.2 Å². The van der Waals surface area contributed by atoms with E-state index in [1.807, 2.05) is 59.5 Å². The van der Waals surface area contributed by atoms with Crippen LogP contribution < -0.4 is 0 Å². The summed E-state index contributed by atoms with van der Waals surface area (Å²) in [5, 5.41) is 3.98. The maximum atomic E-state index is 13.1. The second kappa shape index (κ2) is 11.4. The van der Waals surface area contributed by atoms with Crippen LogP contribution in [0.5, 0.6) is 0 Å². The van der Waals surface area contributed by atoms with Crippen molar-refractivity contribution in [3.8, 4) is 22.8 Å². The fourth-order valence-electron chi connectivity index (χ4n) is 4.65. The van der Waals surface area contributed by atoms with Crippen LogP contribution in [0.2, 0.25) is 0 Å². The van der Waals surface area contributed by atoms with Gasteiger partial charge in [-0.2, -0.15) is 18.2 Å². The Morgan fingerprint density at radius 3 is 2.38 bits per heavy atom. The molecule has 2 heterocycles. The van der Waals surface area contributed by atoms with E-state index >= 15 is 0 Å². The summed E-state index contributed by atoms with van der Waals surface area (Å²) in [5.41, 5.74) is 1.99. The molecule has 1 aromatic heterocycles. The highest BCUT2D eigenvalue weighted by atomic mass is 19.4. The van der Waals surface area contributed by atoms with Crippen molar-refractivity contribution in [2.75, 3.05) is 33.3 Å². The summed E-state index contributed by atoms with van der Waals surface area (Å²) in [5.74, 6) is 0.275. The molecule has 1 atom stereocenters. The van der Waals surface area contributed by atoms with Crippen LogP contribution in [0.25, 0.3) is 22.8 Å². The second-order valence-electron chi connectivity index (χ2n) is 9.33. The molecule has 0 N–H and O–H groups in total. The van der Waals surface area contributed by atoms with Crippen LogP contribution in [0.3, 0.4) is 0 Å². The molecule has 1 aliphatic heterocycles. The maximum absolute atomic E-state index is 13.1. The highest BCUT2D eigenvalue weighted by Crippen LogP contribution is 2.32. The Bertz CT molecular complexity index is 1420. The topological polar surface area (TPSA) is 71.7 Å². The van der Waals surface area contributed by atoms with Gasteiger partial charge in [0.2, 0.25) is 5.82 Å². The van der Waals surface area contributed by atoms with Gasteiger partial charge in [0.15, 0.2) is 6.10 Å². The minimum atomic E-state index is -4.46. The number of hydrogen-bond acceptors (Lipinski definition) is 6. The molecule has 0 aliphatic carbocycles. The normalized spacial score (nSPS) is 15.3. The minimum absolute atomic E-state index is 0.0205. The summed E-state index contributed by atoms with van der Waals surface area (Å²) in [6.45, 7) is 3.28. The van der Waals surface area contributed by atoms with Gasteiger partial charge in [0.05, 0.1) is 5.56 Å². The number of ether oxygens (including phenoxy) is 1. The molecule has 1 aliphatic rings. The third kappa shape index (κ3) is 6.18. The van der Waals surface area contributed by atoms with Crippen LogP contribution in [0.1, 0.15) is 22.8 Å². The predicted molar refractivity (Wildman–Crippen MR) is 138 cm³/mol. The van der Waals surface area contributed by atoms with Gasteiger partial charge in [-0.05, 0) is 35.4 Å². The lowest BCUT2D eigenvalue weighted by molar-refractivity contribution is -0.144. The number of piperazine rings is 1. The smallest absolute Gasteiger partial charge is 0.367 e. The summed E-state index contributed by atoms with van der Waals surface area (Å²) in [6.07, 6.45) is -5.08. The molecule has 3 aromatic carbocycles. The highest BCUT2D eigenvalue weighted by Gasteiger charge is 2.31. The standard InChI is InChI=1S/C29H27F3N4O3/c1-38-25(21-8-3-2-4-9-21)28(37)36-15-13-35(14-16-36)19-20-7-5-10-22(17-20)26-33-27(39-34-26)23-11-6-12-24(18-23)29(30,31)32/h2-12,17-18,25H,13-16,19H2,1H3. The number of halogens is 3. The van der Waals surface area contributed by atoms with E-state index in [2.05, 4.69) is 15.0 Å². The fraction of sp³-hybridized carbons (Fsp3) is 0.276. The van der Waals surface area contributed by atoms with Gasteiger partial charge in [-0.1, -0.05) is 59.8 Å². The molecule has 0 saturated carbocycles. The molecule has 0 radical (unpaired) electrons. The van der Waals surface area contributed by atoms with Crippen LogP contribution >= 0.6 is 0 Å². The number of alkyl halides is 3. The molecular formula is C29H27F3N4O3. The minimum Gasteiger partial charge on any atom is -0.367 e. The zero-order chi connectivity index (χ0) is 27.4. The fourth-order valence-corrected chi connectivity index (χ4v) is 4.65. The second-order valence-corrected chi connectivity index (χ2v) is 9.33. The number of carbonyl (C=O) groups excluding carboxylic acids is 1. The number of carbonyl (C=O) groups is 1. The number of rotatable bonds is 7. The highest BCUT2D eigenvalue weighted by molar-refractivity contribution is 5.82. The number of nitrogens with zero attached hydrogens (tertiary/aromatic N) is 4. The van der Waals surface area contributed by atoms with Crippen molar-refractivity contribution in [2.45, 2.75) is 18.8 Å². The average molecular weight is 537 g/mol. The largest absolute Gasteiger partial charge is 0.416 e. The summed E-state index contributed by atoms with van der Waals surface area (Å²) < 4.78 is 50.0. The van der Waals surface area contributed by atoms with E-state index in [9.17, 15) is 18.0 Å². The van der Waals surface area contributed by atoms with Crippen molar-refractivity contribution >= 4 is 5.91 Å². The number of hydrogen-bond donors (Lipinski definition) is 0. The molecule has 5 rings (SSSR count). The van der Waals surface area contributed by atoms with E-state index in [0.29, 0.717) is 44.1 Å². The van der Waals surface area contributed by atoms with Gasteiger partial charge in [-0.25, -0.2) is 0 Å². The third-order valence-corrected chi connectivity index (χ3v) is 6.70. The Labute approximate surface area is 223 Å². The first-order valence-electron chi connectivity index (χ1n) is 12.5. The van der Waals surface area contributed by atoms with Crippen molar-refractivity contribution in [3.63, 3.8) is 0 Å². The van der Waals surface area contributed by atoms with Crippen LogP contribution in [-0.2, 0) is 22.3 Å². The van der Waals surface area contributed by atoms with E-state index < -0.39 is 17.8 Å². The van der Waals surface area contributed by atoms with Gasteiger partial charge in [0, 0.05) is 51.0 Å². The molecular weight excluding hydrogens is 509 g/mol. The molecule has 39 heavy (non-hydrogen) atoms. The first-order valence-corrected chi connectivity index (χ1v) is 12.5. The molecule has 7 nitrogen and oxygen atoms in total. The Balaban J connectivity index is 1.21. The van der Waals surface area contributed by atoms with Gasteiger partial charge in [0.25, 0.3) is 11.8 Å².